The third-order valence-corrected chi connectivity index (χ3v) is 4.34. The zero-order chi connectivity index (χ0) is 16.5. The Kier molecular flexibility index (Phi) is 4.63. The second-order valence-corrected chi connectivity index (χ2v) is 6.48. The van der Waals surface area contributed by atoms with Crippen LogP contribution in [0, 0.1) is 0 Å². The van der Waals surface area contributed by atoms with Gasteiger partial charge in [0, 0.05) is 18.3 Å². The van der Waals surface area contributed by atoms with Gasteiger partial charge in [-0.25, -0.2) is 4.98 Å². The number of hydrogen-bond acceptors (Lipinski definition) is 6. The summed E-state index contributed by atoms with van der Waals surface area (Å²) in [6, 6.07) is 1.78. The monoisotopic (exact) mass is 305 g/mol. The van der Waals surface area contributed by atoms with E-state index in [-0.39, 0.29) is 6.61 Å². The molecule has 1 fully saturated rings. The Bertz CT molecular complexity index is 571. The molecule has 22 heavy (non-hydrogen) atoms. The van der Waals surface area contributed by atoms with Gasteiger partial charge >= 0.3 is 7.12 Å². The summed E-state index contributed by atoms with van der Waals surface area (Å²) in [5.74, 6) is 0.324. The van der Waals surface area contributed by atoms with Crippen molar-refractivity contribution in [3.05, 3.63) is 28.9 Å². The van der Waals surface area contributed by atoms with Crippen LogP contribution in [0.1, 0.15) is 38.8 Å². The lowest BCUT2D eigenvalue weighted by atomic mass is 9.77. The highest BCUT2D eigenvalue weighted by atomic mass is 16.7. The average molecular weight is 305 g/mol. The smallest absolute Gasteiger partial charge is 0.400 e. The Hall–Kier alpha value is -1.41. The first-order chi connectivity index (χ1) is 10.2. The van der Waals surface area contributed by atoms with Crippen LogP contribution in [0.2, 0.25) is 0 Å². The summed E-state index contributed by atoms with van der Waals surface area (Å²) in [5, 5.41) is 9.27. The van der Waals surface area contributed by atoms with Gasteiger partial charge in [-0.05, 0) is 44.8 Å². The lowest BCUT2D eigenvalue weighted by Gasteiger charge is -2.32. The van der Waals surface area contributed by atoms with E-state index < -0.39 is 18.3 Å². The van der Waals surface area contributed by atoms with Crippen molar-refractivity contribution in [1.82, 2.24) is 4.98 Å². The Morgan fingerprint density at radius 3 is 2.41 bits per heavy atom. The van der Waals surface area contributed by atoms with Crippen LogP contribution >= 0.6 is 0 Å². The van der Waals surface area contributed by atoms with E-state index in [1.807, 2.05) is 33.8 Å². The van der Waals surface area contributed by atoms with E-state index >= 15 is 0 Å². The minimum absolute atomic E-state index is 0.158. The molecule has 0 saturated carbocycles. The maximum absolute atomic E-state index is 9.27. The number of pyridine rings is 1. The predicted molar refractivity (Wildman–Crippen MR) is 87.7 cm³/mol. The van der Waals surface area contributed by atoms with E-state index in [9.17, 15) is 5.11 Å². The van der Waals surface area contributed by atoms with Crippen LogP contribution in [0.15, 0.2) is 17.7 Å². The SMILES string of the molecule is CC1(C)OB(C(=Cc2cnc(N)c(CO)c2)CN)OC1(C)C. The highest BCUT2D eigenvalue weighted by molar-refractivity contribution is 6.55. The van der Waals surface area contributed by atoms with E-state index in [2.05, 4.69) is 4.98 Å². The lowest BCUT2D eigenvalue weighted by Crippen LogP contribution is -2.41. The minimum atomic E-state index is -0.495. The van der Waals surface area contributed by atoms with E-state index in [0.29, 0.717) is 17.9 Å². The van der Waals surface area contributed by atoms with Gasteiger partial charge in [-0.15, -0.1) is 0 Å². The van der Waals surface area contributed by atoms with Crippen molar-refractivity contribution in [1.29, 1.82) is 0 Å². The molecule has 120 valence electrons. The number of aromatic nitrogens is 1. The molecule has 1 aliphatic rings. The maximum Gasteiger partial charge on any atom is 0.491 e. The molecule has 1 aromatic rings. The fraction of sp³-hybridized carbons (Fsp3) is 0.533. The molecule has 2 heterocycles. The van der Waals surface area contributed by atoms with Crippen molar-refractivity contribution in [2.45, 2.75) is 45.5 Å². The summed E-state index contributed by atoms with van der Waals surface area (Å²) >= 11 is 0. The number of nitrogens with zero attached hydrogens (tertiary/aromatic N) is 1. The number of aliphatic hydroxyl groups excluding tert-OH is 1. The van der Waals surface area contributed by atoms with Crippen molar-refractivity contribution in [2.75, 3.05) is 12.3 Å². The number of anilines is 1. The van der Waals surface area contributed by atoms with Crippen molar-refractivity contribution >= 4 is 19.0 Å². The molecule has 0 amide bonds. The van der Waals surface area contributed by atoms with Gasteiger partial charge < -0.3 is 25.9 Å². The molecule has 0 aliphatic carbocycles. The van der Waals surface area contributed by atoms with Crippen molar-refractivity contribution < 1.29 is 14.4 Å². The van der Waals surface area contributed by atoms with Crippen molar-refractivity contribution in [2.24, 2.45) is 5.73 Å². The van der Waals surface area contributed by atoms with Gasteiger partial charge in [0.25, 0.3) is 0 Å². The van der Waals surface area contributed by atoms with Crippen LogP contribution < -0.4 is 11.5 Å². The second-order valence-electron chi connectivity index (χ2n) is 6.48. The molecule has 0 bridgehead atoms. The summed E-state index contributed by atoms with van der Waals surface area (Å²) in [4.78, 5) is 4.07. The Labute approximate surface area is 131 Å². The van der Waals surface area contributed by atoms with Crippen LogP contribution in [-0.4, -0.2) is 35.0 Å². The van der Waals surface area contributed by atoms with Crippen LogP contribution in [-0.2, 0) is 15.9 Å². The summed E-state index contributed by atoms with van der Waals surface area (Å²) in [7, 11) is -0.495. The van der Waals surface area contributed by atoms with Crippen LogP contribution in [0.5, 0.6) is 0 Å². The number of nitrogens with two attached hydrogens (primary N) is 2. The molecule has 0 spiro atoms. The molecule has 7 heteroatoms. The lowest BCUT2D eigenvalue weighted by molar-refractivity contribution is 0.00578. The van der Waals surface area contributed by atoms with Gasteiger partial charge in [-0.3, -0.25) is 0 Å². The second kappa shape index (κ2) is 6.00. The van der Waals surface area contributed by atoms with Crippen LogP contribution in [0.3, 0.4) is 0 Å². The molecule has 0 atom stereocenters. The molecule has 0 radical (unpaired) electrons. The summed E-state index contributed by atoms with van der Waals surface area (Å²) < 4.78 is 12.0. The zero-order valence-electron chi connectivity index (χ0n) is 13.6. The Balaban J connectivity index is 2.29. The third kappa shape index (κ3) is 3.17. The molecular weight excluding hydrogens is 281 g/mol. The average Bonchev–Trinajstić information content (AvgIpc) is 2.66. The Morgan fingerprint density at radius 2 is 1.91 bits per heavy atom. The van der Waals surface area contributed by atoms with Crippen molar-refractivity contribution in [3.8, 4) is 0 Å². The number of rotatable bonds is 4. The first kappa shape index (κ1) is 17.0. The maximum atomic E-state index is 9.27. The summed E-state index contributed by atoms with van der Waals surface area (Å²) in [5.41, 5.74) is 12.9. The molecule has 1 saturated heterocycles. The molecule has 6 nitrogen and oxygen atoms in total. The molecule has 2 rings (SSSR count). The number of hydrogen-bond donors (Lipinski definition) is 3. The first-order valence-corrected chi connectivity index (χ1v) is 7.31. The quantitative estimate of drug-likeness (QED) is 0.720. The topological polar surface area (TPSA) is 104 Å². The van der Waals surface area contributed by atoms with E-state index in [1.54, 1.807) is 12.3 Å². The van der Waals surface area contributed by atoms with E-state index in [4.69, 9.17) is 20.8 Å². The van der Waals surface area contributed by atoms with Crippen LogP contribution in [0.25, 0.3) is 6.08 Å². The largest absolute Gasteiger partial charge is 0.491 e. The fourth-order valence-corrected chi connectivity index (χ4v) is 2.18. The van der Waals surface area contributed by atoms with Gasteiger partial charge in [-0.2, -0.15) is 0 Å². The van der Waals surface area contributed by atoms with Gasteiger partial charge in [0.05, 0.1) is 17.8 Å². The normalized spacial score (nSPS) is 20.5. The molecule has 1 aromatic heterocycles. The predicted octanol–water partition coefficient (Wildman–Crippen LogP) is 1.13. The summed E-state index contributed by atoms with van der Waals surface area (Å²) in [6.45, 7) is 8.13. The molecular formula is C15H24BN3O3. The van der Waals surface area contributed by atoms with E-state index in [1.165, 1.54) is 0 Å². The summed E-state index contributed by atoms with van der Waals surface area (Å²) in [6.07, 6.45) is 3.50. The Morgan fingerprint density at radius 1 is 1.32 bits per heavy atom. The van der Waals surface area contributed by atoms with E-state index in [0.717, 1.165) is 11.0 Å². The third-order valence-electron chi connectivity index (χ3n) is 4.34. The van der Waals surface area contributed by atoms with Gasteiger partial charge in [-0.1, -0.05) is 6.08 Å². The van der Waals surface area contributed by atoms with Crippen LogP contribution in [0.4, 0.5) is 5.82 Å². The molecule has 0 aromatic carbocycles. The highest BCUT2D eigenvalue weighted by Crippen LogP contribution is 2.38. The van der Waals surface area contributed by atoms with Gasteiger partial charge in [0.1, 0.15) is 5.82 Å². The molecule has 1 aliphatic heterocycles. The molecule has 5 N–H and O–H groups in total. The van der Waals surface area contributed by atoms with Gasteiger partial charge in [0.2, 0.25) is 0 Å². The van der Waals surface area contributed by atoms with Gasteiger partial charge in [0.15, 0.2) is 0 Å². The fourth-order valence-electron chi connectivity index (χ4n) is 2.18. The standard InChI is InChI=1S/C15H24BN3O3/c1-14(2)15(3,4)22-16(21-14)12(7-17)6-10-5-11(9-20)13(18)19-8-10/h5-6,8,20H,7,9,17H2,1-4H3,(H2,18,19). The number of aliphatic hydroxyl groups is 1. The highest BCUT2D eigenvalue weighted by Gasteiger charge is 2.52. The number of nitrogen functional groups attached to an aromatic ring is 1. The minimum Gasteiger partial charge on any atom is -0.400 e. The first-order valence-electron chi connectivity index (χ1n) is 7.31. The zero-order valence-corrected chi connectivity index (χ0v) is 13.6. The van der Waals surface area contributed by atoms with Crippen molar-refractivity contribution in [3.63, 3.8) is 0 Å². The molecule has 0 unspecified atom stereocenters.